The molecule has 2 atom stereocenters. The predicted molar refractivity (Wildman–Crippen MR) is 82.5 cm³/mol. The number of anilines is 1. The number of nitrogens with one attached hydrogen (secondary N) is 1. The van der Waals surface area contributed by atoms with Crippen LogP contribution in [0.1, 0.15) is 36.5 Å². The molecule has 5 heteroatoms. The van der Waals surface area contributed by atoms with Gasteiger partial charge in [-0.3, -0.25) is 14.4 Å². The normalized spacial score (nSPS) is 23.2. The molecule has 2 fully saturated rings. The third-order valence-corrected chi connectivity index (χ3v) is 4.40. The summed E-state index contributed by atoms with van der Waals surface area (Å²) in [6.07, 6.45) is 2.76. The van der Waals surface area contributed by atoms with Crippen LogP contribution in [0, 0.1) is 11.8 Å². The van der Waals surface area contributed by atoms with Crippen LogP contribution in [0.4, 0.5) is 5.69 Å². The van der Waals surface area contributed by atoms with Crippen LogP contribution in [0.2, 0.25) is 0 Å². The number of rotatable bonds is 4. The molecule has 22 heavy (non-hydrogen) atoms. The molecule has 1 aromatic rings. The highest BCUT2D eigenvalue weighted by molar-refractivity contribution is 6.01. The average Bonchev–Trinajstić information content (AvgIpc) is 3.12. The number of Topliss-reactive ketones (excluding diaryl/α,β-unsaturated/α-hetero) is 1. The first-order valence-corrected chi connectivity index (χ1v) is 7.77. The highest BCUT2D eigenvalue weighted by Gasteiger charge is 2.49. The van der Waals surface area contributed by atoms with Gasteiger partial charge in [-0.2, -0.15) is 0 Å². The van der Waals surface area contributed by atoms with E-state index in [0.29, 0.717) is 17.7 Å². The Morgan fingerprint density at radius 3 is 2.55 bits per heavy atom. The Labute approximate surface area is 129 Å². The van der Waals surface area contributed by atoms with Crippen molar-refractivity contribution in [3.05, 3.63) is 29.8 Å². The number of amides is 2. The van der Waals surface area contributed by atoms with Crippen molar-refractivity contribution in [1.82, 2.24) is 4.90 Å². The molecule has 2 amide bonds. The summed E-state index contributed by atoms with van der Waals surface area (Å²) < 4.78 is 0. The van der Waals surface area contributed by atoms with E-state index in [1.54, 1.807) is 24.3 Å². The van der Waals surface area contributed by atoms with Gasteiger partial charge >= 0.3 is 0 Å². The van der Waals surface area contributed by atoms with Crippen LogP contribution in [-0.2, 0) is 9.59 Å². The Morgan fingerprint density at radius 1 is 1.14 bits per heavy atom. The Morgan fingerprint density at radius 2 is 1.86 bits per heavy atom. The summed E-state index contributed by atoms with van der Waals surface area (Å²) in [6, 6.07) is 6.88. The first kappa shape index (κ1) is 14.8. The van der Waals surface area contributed by atoms with Crippen molar-refractivity contribution in [2.45, 2.75) is 26.2 Å². The molecule has 2 unspecified atom stereocenters. The Bertz CT molecular complexity index is 620. The molecule has 1 N–H and O–H groups in total. The van der Waals surface area contributed by atoms with Gasteiger partial charge in [-0.05, 0) is 38.3 Å². The van der Waals surface area contributed by atoms with Crippen LogP contribution in [0.3, 0.4) is 0 Å². The molecule has 5 nitrogen and oxygen atoms in total. The molecule has 2 aliphatic rings. The van der Waals surface area contributed by atoms with E-state index in [1.807, 2.05) is 4.90 Å². The third-order valence-electron chi connectivity index (χ3n) is 4.40. The van der Waals surface area contributed by atoms with Crippen molar-refractivity contribution in [2.75, 3.05) is 18.4 Å². The minimum Gasteiger partial charge on any atom is -0.342 e. The van der Waals surface area contributed by atoms with Crippen molar-refractivity contribution in [3.63, 3.8) is 0 Å². The smallest absolute Gasteiger partial charge is 0.228 e. The summed E-state index contributed by atoms with van der Waals surface area (Å²) in [5, 5.41) is 2.81. The second-order valence-corrected chi connectivity index (χ2v) is 6.11. The van der Waals surface area contributed by atoms with Crippen LogP contribution in [0.25, 0.3) is 0 Å². The first-order chi connectivity index (χ1) is 10.6. The molecular formula is C17H20N2O3. The van der Waals surface area contributed by atoms with Crippen molar-refractivity contribution in [2.24, 2.45) is 11.8 Å². The fourth-order valence-corrected chi connectivity index (χ4v) is 2.98. The van der Waals surface area contributed by atoms with Gasteiger partial charge < -0.3 is 10.2 Å². The van der Waals surface area contributed by atoms with E-state index < -0.39 is 0 Å². The van der Waals surface area contributed by atoms with Crippen molar-refractivity contribution >= 4 is 23.3 Å². The van der Waals surface area contributed by atoms with Crippen LogP contribution >= 0.6 is 0 Å². The van der Waals surface area contributed by atoms with Crippen LogP contribution in [0.5, 0.6) is 0 Å². The minimum absolute atomic E-state index is 0.0374. The lowest BCUT2D eigenvalue weighted by Crippen LogP contribution is -2.30. The van der Waals surface area contributed by atoms with Gasteiger partial charge in [-0.1, -0.05) is 12.1 Å². The van der Waals surface area contributed by atoms with Crippen molar-refractivity contribution < 1.29 is 14.4 Å². The van der Waals surface area contributed by atoms with Gasteiger partial charge in [0, 0.05) is 24.3 Å². The van der Waals surface area contributed by atoms with Crippen LogP contribution in [-0.4, -0.2) is 35.6 Å². The highest BCUT2D eigenvalue weighted by atomic mass is 16.2. The Kier molecular flexibility index (Phi) is 3.96. The number of carbonyl (C=O) groups is 3. The molecule has 3 rings (SSSR count). The summed E-state index contributed by atoms with van der Waals surface area (Å²) >= 11 is 0. The fourth-order valence-electron chi connectivity index (χ4n) is 2.98. The van der Waals surface area contributed by atoms with Gasteiger partial charge in [-0.25, -0.2) is 0 Å². The molecular weight excluding hydrogens is 280 g/mol. The quantitative estimate of drug-likeness (QED) is 0.866. The zero-order chi connectivity index (χ0) is 15.7. The maximum absolute atomic E-state index is 12.2. The fraction of sp³-hybridized carbons (Fsp3) is 0.471. The number of hydrogen-bond donors (Lipinski definition) is 1. The van der Waals surface area contributed by atoms with Gasteiger partial charge in [0.2, 0.25) is 11.8 Å². The highest BCUT2D eigenvalue weighted by Crippen LogP contribution is 2.41. The summed E-state index contributed by atoms with van der Waals surface area (Å²) in [5.41, 5.74) is 1.18. The molecule has 1 heterocycles. The Hall–Kier alpha value is -2.17. The maximum atomic E-state index is 12.2. The first-order valence-electron chi connectivity index (χ1n) is 7.77. The topological polar surface area (TPSA) is 66.5 Å². The van der Waals surface area contributed by atoms with Gasteiger partial charge in [0.25, 0.3) is 0 Å². The molecule has 1 saturated carbocycles. The van der Waals surface area contributed by atoms with Gasteiger partial charge in [0.1, 0.15) is 0 Å². The molecule has 0 aromatic heterocycles. The molecule has 1 aromatic carbocycles. The monoisotopic (exact) mass is 300 g/mol. The second-order valence-electron chi connectivity index (χ2n) is 6.11. The summed E-state index contributed by atoms with van der Waals surface area (Å²) in [4.78, 5) is 37.7. The lowest BCUT2D eigenvalue weighted by atomic mass is 10.1. The molecule has 0 bridgehead atoms. The zero-order valence-corrected chi connectivity index (χ0v) is 12.7. The molecule has 1 aliphatic heterocycles. The van der Waals surface area contributed by atoms with E-state index in [4.69, 9.17) is 0 Å². The van der Waals surface area contributed by atoms with E-state index in [2.05, 4.69) is 5.32 Å². The summed E-state index contributed by atoms with van der Waals surface area (Å²) in [7, 11) is 0. The predicted octanol–water partition coefficient (Wildman–Crippen LogP) is 2.09. The lowest BCUT2D eigenvalue weighted by Gasteiger charge is -2.14. The van der Waals surface area contributed by atoms with Crippen molar-refractivity contribution in [1.29, 1.82) is 0 Å². The Balaban J connectivity index is 1.58. The number of hydrogen-bond acceptors (Lipinski definition) is 3. The van der Waals surface area contributed by atoms with Crippen LogP contribution in [0.15, 0.2) is 24.3 Å². The minimum atomic E-state index is -0.228. The maximum Gasteiger partial charge on any atom is 0.228 e. The lowest BCUT2D eigenvalue weighted by molar-refractivity contribution is -0.133. The van der Waals surface area contributed by atoms with Crippen molar-refractivity contribution in [3.8, 4) is 0 Å². The van der Waals surface area contributed by atoms with E-state index >= 15 is 0 Å². The average molecular weight is 300 g/mol. The molecule has 116 valence electrons. The van der Waals surface area contributed by atoms with Crippen LogP contribution < -0.4 is 5.32 Å². The second kappa shape index (κ2) is 5.91. The largest absolute Gasteiger partial charge is 0.342 e. The van der Waals surface area contributed by atoms with E-state index in [-0.39, 0.29) is 29.4 Å². The van der Waals surface area contributed by atoms with E-state index in [1.165, 1.54) is 6.92 Å². The number of benzene rings is 1. The zero-order valence-electron chi connectivity index (χ0n) is 12.7. The summed E-state index contributed by atoms with van der Waals surface area (Å²) in [5.74, 6) is -0.429. The molecule has 0 radical (unpaired) electrons. The molecule has 1 saturated heterocycles. The number of carbonyl (C=O) groups excluding carboxylic acids is 3. The van der Waals surface area contributed by atoms with E-state index in [0.717, 1.165) is 25.9 Å². The third kappa shape index (κ3) is 3.03. The molecule has 0 spiro atoms. The molecule has 1 aliphatic carbocycles. The number of nitrogens with zero attached hydrogens (tertiary/aromatic N) is 1. The van der Waals surface area contributed by atoms with E-state index in [9.17, 15) is 14.4 Å². The summed E-state index contributed by atoms with van der Waals surface area (Å²) in [6.45, 7) is 3.14. The van der Waals surface area contributed by atoms with Gasteiger partial charge in [-0.15, -0.1) is 0 Å². The van der Waals surface area contributed by atoms with Gasteiger partial charge in [0.15, 0.2) is 5.78 Å². The standard InChI is InChI=1S/C17H20N2O3/c1-11(20)12-5-4-6-13(9-12)18-16(21)14-10-15(14)17(22)19-7-2-3-8-19/h4-6,9,14-15H,2-3,7-8,10H2,1H3,(H,18,21). The van der Waals surface area contributed by atoms with Gasteiger partial charge in [0.05, 0.1) is 11.8 Å². The SMILES string of the molecule is CC(=O)c1cccc(NC(=O)C2CC2C(=O)N2CCCC2)c1. The number of ketones is 1. The number of likely N-dealkylation sites (tertiary alicyclic amines) is 1.